The maximum Gasteiger partial charge on any atom is 0.240 e. The topological polar surface area (TPSA) is 52.1 Å². The Bertz CT molecular complexity index is 553. The number of carbonyl (C=O) groups is 1. The molecule has 2 aromatic rings. The van der Waals surface area contributed by atoms with E-state index in [-0.39, 0.29) is 5.78 Å². The predicted octanol–water partition coefficient (Wildman–Crippen LogP) is 2.35. The summed E-state index contributed by atoms with van der Waals surface area (Å²) in [6.45, 7) is 1.53. The summed E-state index contributed by atoms with van der Waals surface area (Å²) in [5, 5.41) is 0. The van der Waals surface area contributed by atoms with E-state index in [4.69, 9.17) is 4.74 Å². The van der Waals surface area contributed by atoms with Crippen molar-refractivity contribution < 1.29 is 9.53 Å². The first-order valence-corrected chi connectivity index (χ1v) is 5.18. The zero-order valence-electron chi connectivity index (χ0n) is 9.68. The van der Waals surface area contributed by atoms with Crippen LogP contribution in [0.25, 0.3) is 11.3 Å². The fraction of sp³-hybridized carbons (Fsp3) is 0.154. The Kier molecular flexibility index (Phi) is 3.14. The van der Waals surface area contributed by atoms with Gasteiger partial charge >= 0.3 is 0 Å². The van der Waals surface area contributed by atoms with E-state index >= 15 is 0 Å². The smallest absolute Gasteiger partial charge is 0.240 e. The average Bonchev–Trinajstić information content (AvgIpc) is 2.39. The summed E-state index contributed by atoms with van der Waals surface area (Å²) in [4.78, 5) is 19.6. The van der Waals surface area contributed by atoms with E-state index in [2.05, 4.69) is 9.97 Å². The predicted molar refractivity (Wildman–Crippen MR) is 64.0 cm³/mol. The molecule has 17 heavy (non-hydrogen) atoms. The first-order valence-electron chi connectivity index (χ1n) is 5.18. The molecule has 0 radical (unpaired) electrons. The molecule has 0 bridgehead atoms. The van der Waals surface area contributed by atoms with Crippen molar-refractivity contribution in [3.05, 3.63) is 42.2 Å². The highest BCUT2D eigenvalue weighted by Crippen LogP contribution is 2.25. The van der Waals surface area contributed by atoms with Crippen molar-refractivity contribution in [2.45, 2.75) is 6.92 Å². The molecule has 0 aliphatic heterocycles. The molecule has 1 aromatic heterocycles. The Morgan fingerprint density at radius 1 is 1.24 bits per heavy atom. The molecule has 4 heteroatoms. The third-order valence-electron chi connectivity index (χ3n) is 2.40. The van der Waals surface area contributed by atoms with Gasteiger partial charge in [-0.05, 0) is 13.0 Å². The van der Waals surface area contributed by atoms with Crippen LogP contribution in [-0.4, -0.2) is 22.9 Å². The molecule has 1 heterocycles. The van der Waals surface area contributed by atoms with E-state index in [1.54, 1.807) is 31.6 Å². The standard InChI is InChI=1S/C13H12N2O2/c1-9(16)10-4-3-5-11(8-10)12-13(17-2)15-7-6-14-12/h3-8H,1-2H3. The molecule has 0 saturated carbocycles. The third-order valence-corrected chi connectivity index (χ3v) is 2.40. The minimum atomic E-state index is 0.0229. The van der Waals surface area contributed by atoms with Crippen molar-refractivity contribution in [3.8, 4) is 17.1 Å². The van der Waals surface area contributed by atoms with E-state index in [1.807, 2.05) is 12.1 Å². The second kappa shape index (κ2) is 4.74. The number of rotatable bonds is 3. The zero-order chi connectivity index (χ0) is 12.3. The van der Waals surface area contributed by atoms with Crippen molar-refractivity contribution in [1.29, 1.82) is 0 Å². The van der Waals surface area contributed by atoms with E-state index in [0.29, 0.717) is 17.1 Å². The van der Waals surface area contributed by atoms with Crippen molar-refractivity contribution in [1.82, 2.24) is 9.97 Å². The molecular weight excluding hydrogens is 216 g/mol. The number of Topliss-reactive ketones (excluding diaryl/α,β-unsaturated/α-hetero) is 1. The van der Waals surface area contributed by atoms with Gasteiger partial charge in [-0.3, -0.25) is 4.79 Å². The number of methoxy groups -OCH3 is 1. The van der Waals surface area contributed by atoms with Crippen molar-refractivity contribution in [2.75, 3.05) is 7.11 Å². The monoisotopic (exact) mass is 228 g/mol. The van der Waals surface area contributed by atoms with Gasteiger partial charge in [-0.15, -0.1) is 0 Å². The second-order valence-corrected chi connectivity index (χ2v) is 3.55. The van der Waals surface area contributed by atoms with E-state index in [0.717, 1.165) is 5.56 Å². The molecule has 0 aliphatic rings. The van der Waals surface area contributed by atoms with Crippen LogP contribution in [0.1, 0.15) is 17.3 Å². The maximum atomic E-state index is 11.3. The minimum absolute atomic E-state index is 0.0229. The number of hydrogen-bond donors (Lipinski definition) is 0. The van der Waals surface area contributed by atoms with Gasteiger partial charge in [0.05, 0.1) is 7.11 Å². The molecule has 0 saturated heterocycles. The van der Waals surface area contributed by atoms with Gasteiger partial charge in [0, 0.05) is 23.5 Å². The lowest BCUT2D eigenvalue weighted by Gasteiger charge is -2.06. The highest BCUT2D eigenvalue weighted by Gasteiger charge is 2.09. The van der Waals surface area contributed by atoms with E-state index < -0.39 is 0 Å². The van der Waals surface area contributed by atoms with Gasteiger partial charge in [-0.1, -0.05) is 18.2 Å². The molecule has 0 spiro atoms. The molecule has 1 aromatic carbocycles. The summed E-state index contributed by atoms with van der Waals surface area (Å²) in [6, 6.07) is 7.25. The maximum absolute atomic E-state index is 11.3. The summed E-state index contributed by atoms with van der Waals surface area (Å²) < 4.78 is 5.14. The van der Waals surface area contributed by atoms with Crippen molar-refractivity contribution >= 4 is 5.78 Å². The van der Waals surface area contributed by atoms with Gasteiger partial charge in [-0.2, -0.15) is 0 Å². The summed E-state index contributed by atoms with van der Waals surface area (Å²) >= 11 is 0. The first kappa shape index (κ1) is 11.3. The fourth-order valence-corrected chi connectivity index (χ4v) is 1.56. The Labute approximate surface area is 99.3 Å². The number of nitrogens with zero attached hydrogens (tertiary/aromatic N) is 2. The number of ether oxygens (including phenoxy) is 1. The molecular formula is C13H12N2O2. The van der Waals surface area contributed by atoms with Crippen LogP contribution >= 0.6 is 0 Å². The molecule has 0 aliphatic carbocycles. The van der Waals surface area contributed by atoms with Gasteiger partial charge in [-0.25, -0.2) is 9.97 Å². The number of benzene rings is 1. The van der Waals surface area contributed by atoms with Crippen LogP contribution in [0.4, 0.5) is 0 Å². The van der Waals surface area contributed by atoms with Gasteiger partial charge in [0.2, 0.25) is 5.88 Å². The lowest BCUT2D eigenvalue weighted by atomic mass is 10.1. The lowest BCUT2D eigenvalue weighted by Crippen LogP contribution is -1.96. The quantitative estimate of drug-likeness (QED) is 0.757. The number of aromatic nitrogens is 2. The molecule has 4 nitrogen and oxygen atoms in total. The van der Waals surface area contributed by atoms with Crippen LogP contribution in [0.2, 0.25) is 0 Å². The zero-order valence-corrected chi connectivity index (χ0v) is 9.68. The molecule has 0 amide bonds. The van der Waals surface area contributed by atoms with Crippen LogP contribution in [0, 0.1) is 0 Å². The highest BCUT2D eigenvalue weighted by molar-refractivity contribution is 5.95. The first-order chi connectivity index (χ1) is 8.22. The SMILES string of the molecule is COc1nccnc1-c1cccc(C(C)=O)c1. The second-order valence-electron chi connectivity index (χ2n) is 3.55. The van der Waals surface area contributed by atoms with E-state index in [9.17, 15) is 4.79 Å². The molecule has 0 atom stereocenters. The lowest BCUT2D eigenvalue weighted by molar-refractivity contribution is 0.101. The summed E-state index contributed by atoms with van der Waals surface area (Å²) in [5.41, 5.74) is 2.11. The average molecular weight is 228 g/mol. The number of ketones is 1. The van der Waals surface area contributed by atoms with Gasteiger partial charge < -0.3 is 4.74 Å². The Hall–Kier alpha value is -2.23. The van der Waals surface area contributed by atoms with Gasteiger partial charge in [0.1, 0.15) is 5.69 Å². The molecule has 2 rings (SSSR count). The molecule has 0 unspecified atom stereocenters. The highest BCUT2D eigenvalue weighted by atomic mass is 16.5. The normalized spacial score (nSPS) is 10.0. The summed E-state index contributed by atoms with van der Waals surface area (Å²) in [7, 11) is 1.54. The molecule has 86 valence electrons. The summed E-state index contributed by atoms with van der Waals surface area (Å²) in [6.07, 6.45) is 3.16. The van der Waals surface area contributed by atoms with Crippen LogP contribution < -0.4 is 4.74 Å². The Balaban J connectivity index is 2.52. The van der Waals surface area contributed by atoms with Gasteiger partial charge in [0.15, 0.2) is 5.78 Å². The van der Waals surface area contributed by atoms with E-state index in [1.165, 1.54) is 6.92 Å². The Morgan fingerprint density at radius 2 is 2.00 bits per heavy atom. The summed E-state index contributed by atoms with van der Waals surface area (Å²) in [5.74, 6) is 0.475. The molecule has 0 fully saturated rings. The molecule has 0 N–H and O–H groups in total. The van der Waals surface area contributed by atoms with Crippen molar-refractivity contribution in [3.63, 3.8) is 0 Å². The fourth-order valence-electron chi connectivity index (χ4n) is 1.56. The number of carbonyl (C=O) groups excluding carboxylic acids is 1. The van der Waals surface area contributed by atoms with Gasteiger partial charge in [0.25, 0.3) is 0 Å². The van der Waals surface area contributed by atoms with Crippen LogP contribution in [0.5, 0.6) is 5.88 Å². The van der Waals surface area contributed by atoms with Crippen LogP contribution in [-0.2, 0) is 0 Å². The van der Waals surface area contributed by atoms with Crippen LogP contribution in [0.3, 0.4) is 0 Å². The largest absolute Gasteiger partial charge is 0.479 e. The Morgan fingerprint density at radius 3 is 2.71 bits per heavy atom. The number of hydrogen-bond acceptors (Lipinski definition) is 4. The minimum Gasteiger partial charge on any atom is -0.479 e. The van der Waals surface area contributed by atoms with Crippen molar-refractivity contribution in [2.24, 2.45) is 0 Å². The third kappa shape index (κ3) is 2.30. The van der Waals surface area contributed by atoms with Crippen LogP contribution in [0.15, 0.2) is 36.7 Å².